The van der Waals surface area contributed by atoms with Gasteiger partial charge in [0.2, 0.25) is 0 Å². The van der Waals surface area contributed by atoms with Crippen LogP contribution in [0.3, 0.4) is 0 Å². The minimum Gasteiger partial charge on any atom is -0.493 e. The summed E-state index contributed by atoms with van der Waals surface area (Å²) in [6, 6.07) is 5.13. The molecule has 0 aliphatic rings. The van der Waals surface area contributed by atoms with E-state index in [1.165, 1.54) is 34.5 Å². The molecule has 2 aromatic rings. The van der Waals surface area contributed by atoms with Gasteiger partial charge in [-0.25, -0.2) is 0 Å². The standard InChI is InChI=1S/C16H20F3N5O2.HI/c1-20-15(22-11-5-6-12(25-3)13(7-11)26-4)21-8-10-9-24(2)23-14(10)16(17,18)19;/h5-7,9H,8H2,1-4H3,(H2,20,21,22);1H. The smallest absolute Gasteiger partial charge is 0.435 e. The third kappa shape index (κ3) is 5.91. The number of rotatable bonds is 5. The summed E-state index contributed by atoms with van der Waals surface area (Å²) in [6.07, 6.45) is -3.20. The molecule has 2 rings (SSSR count). The summed E-state index contributed by atoms with van der Waals surface area (Å²) in [4.78, 5) is 4.01. The van der Waals surface area contributed by atoms with Gasteiger partial charge in [-0.1, -0.05) is 0 Å². The molecule has 1 aromatic heterocycles. The molecule has 27 heavy (non-hydrogen) atoms. The zero-order chi connectivity index (χ0) is 19.3. The predicted molar refractivity (Wildman–Crippen MR) is 107 cm³/mol. The summed E-state index contributed by atoms with van der Waals surface area (Å²) >= 11 is 0. The van der Waals surface area contributed by atoms with Crippen molar-refractivity contribution >= 4 is 35.6 Å². The molecule has 0 aliphatic carbocycles. The minimum atomic E-state index is -4.52. The van der Waals surface area contributed by atoms with Crippen LogP contribution < -0.4 is 20.1 Å². The topological polar surface area (TPSA) is 72.7 Å². The number of methoxy groups -OCH3 is 2. The number of ether oxygens (including phenoxy) is 2. The first-order chi connectivity index (χ1) is 12.3. The van der Waals surface area contributed by atoms with Crippen molar-refractivity contribution in [2.45, 2.75) is 12.7 Å². The molecule has 1 heterocycles. The molecule has 0 saturated heterocycles. The Labute approximate surface area is 172 Å². The molecule has 7 nitrogen and oxygen atoms in total. The van der Waals surface area contributed by atoms with Gasteiger partial charge in [-0.15, -0.1) is 24.0 Å². The maximum absolute atomic E-state index is 13.0. The molecular formula is C16H21F3IN5O2. The van der Waals surface area contributed by atoms with E-state index in [-0.39, 0.29) is 36.1 Å². The van der Waals surface area contributed by atoms with Gasteiger partial charge in [-0.3, -0.25) is 9.67 Å². The second-order valence-electron chi connectivity index (χ2n) is 5.29. The molecule has 0 atom stereocenters. The number of aromatic nitrogens is 2. The summed E-state index contributed by atoms with van der Waals surface area (Å²) in [5.74, 6) is 1.37. The number of guanidine groups is 1. The minimum absolute atomic E-state index is 0. The van der Waals surface area contributed by atoms with Crippen LogP contribution in [0.5, 0.6) is 11.5 Å². The van der Waals surface area contributed by atoms with Crippen LogP contribution in [0.4, 0.5) is 18.9 Å². The molecule has 0 fully saturated rings. The largest absolute Gasteiger partial charge is 0.493 e. The highest BCUT2D eigenvalue weighted by Gasteiger charge is 2.36. The second kappa shape index (κ2) is 9.67. The fourth-order valence-electron chi connectivity index (χ4n) is 2.31. The van der Waals surface area contributed by atoms with E-state index < -0.39 is 11.9 Å². The Morgan fingerprint density at radius 2 is 1.89 bits per heavy atom. The van der Waals surface area contributed by atoms with Gasteiger partial charge in [0.05, 0.1) is 14.2 Å². The number of hydrogen-bond acceptors (Lipinski definition) is 4. The highest BCUT2D eigenvalue weighted by molar-refractivity contribution is 14.0. The first-order valence-electron chi connectivity index (χ1n) is 7.58. The molecule has 0 spiro atoms. The van der Waals surface area contributed by atoms with Gasteiger partial charge in [-0.2, -0.15) is 18.3 Å². The Morgan fingerprint density at radius 1 is 1.22 bits per heavy atom. The normalized spacial score (nSPS) is 11.6. The Morgan fingerprint density at radius 3 is 2.44 bits per heavy atom. The van der Waals surface area contributed by atoms with E-state index in [0.717, 1.165) is 4.68 Å². The lowest BCUT2D eigenvalue weighted by atomic mass is 10.2. The van der Waals surface area contributed by atoms with Gasteiger partial charge in [0, 0.05) is 44.2 Å². The molecule has 0 bridgehead atoms. The van der Waals surface area contributed by atoms with Crippen molar-refractivity contribution in [3.63, 3.8) is 0 Å². The Hall–Kier alpha value is -2.18. The number of nitrogens with zero attached hydrogens (tertiary/aromatic N) is 3. The number of nitrogens with one attached hydrogen (secondary N) is 2. The van der Waals surface area contributed by atoms with Crippen LogP contribution in [0.2, 0.25) is 0 Å². The number of hydrogen-bond donors (Lipinski definition) is 2. The Balaban J connectivity index is 0.00000364. The van der Waals surface area contributed by atoms with Crippen molar-refractivity contribution in [3.05, 3.63) is 35.7 Å². The van der Waals surface area contributed by atoms with Crippen LogP contribution >= 0.6 is 24.0 Å². The van der Waals surface area contributed by atoms with Crippen molar-refractivity contribution < 1.29 is 22.6 Å². The summed E-state index contributed by atoms with van der Waals surface area (Å²) in [5.41, 5.74) is -0.262. The number of anilines is 1. The van der Waals surface area contributed by atoms with Gasteiger partial charge in [0.15, 0.2) is 23.2 Å². The molecule has 0 amide bonds. The van der Waals surface area contributed by atoms with Crippen molar-refractivity contribution in [1.82, 2.24) is 15.1 Å². The maximum atomic E-state index is 13.0. The zero-order valence-electron chi connectivity index (χ0n) is 15.2. The predicted octanol–water partition coefficient (Wildman–Crippen LogP) is 3.26. The summed E-state index contributed by atoms with van der Waals surface area (Å²) in [6.45, 7) is -0.0877. The Kier molecular flexibility index (Phi) is 8.19. The van der Waals surface area contributed by atoms with E-state index in [9.17, 15) is 13.2 Å². The van der Waals surface area contributed by atoms with Crippen LogP contribution in [0, 0.1) is 0 Å². The summed E-state index contributed by atoms with van der Waals surface area (Å²) < 4.78 is 50.5. The van der Waals surface area contributed by atoms with Crippen LogP contribution in [-0.2, 0) is 19.8 Å². The monoisotopic (exact) mass is 499 g/mol. The Bertz CT molecular complexity index is 793. The van der Waals surface area contributed by atoms with Crippen LogP contribution in [0.15, 0.2) is 29.4 Å². The third-order valence-electron chi connectivity index (χ3n) is 3.49. The first-order valence-corrected chi connectivity index (χ1v) is 7.58. The number of aliphatic imine (C=N–C) groups is 1. The van der Waals surface area contributed by atoms with E-state index in [2.05, 4.69) is 20.7 Å². The van der Waals surface area contributed by atoms with Crippen LogP contribution in [0.1, 0.15) is 11.3 Å². The van der Waals surface area contributed by atoms with Gasteiger partial charge in [0.25, 0.3) is 0 Å². The first kappa shape index (κ1) is 22.9. The molecule has 0 radical (unpaired) electrons. The summed E-state index contributed by atoms with van der Waals surface area (Å²) in [7, 11) is 5.99. The van der Waals surface area contributed by atoms with Crippen molar-refractivity contribution in [2.75, 3.05) is 26.6 Å². The molecule has 0 saturated carbocycles. The van der Waals surface area contributed by atoms with Gasteiger partial charge in [0.1, 0.15) is 0 Å². The number of benzene rings is 1. The van der Waals surface area contributed by atoms with E-state index in [4.69, 9.17) is 9.47 Å². The fourth-order valence-corrected chi connectivity index (χ4v) is 2.31. The number of halogens is 4. The highest BCUT2D eigenvalue weighted by Crippen LogP contribution is 2.31. The number of alkyl halides is 3. The van der Waals surface area contributed by atoms with E-state index in [0.29, 0.717) is 23.1 Å². The lowest BCUT2D eigenvalue weighted by Gasteiger charge is -2.14. The maximum Gasteiger partial charge on any atom is 0.435 e. The molecule has 2 N–H and O–H groups in total. The average Bonchev–Trinajstić information content (AvgIpc) is 2.99. The SMILES string of the molecule is CN=C(NCc1cn(C)nc1C(F)(F)F)Nc1ccc(OC)c(OC)c1.I. The van der Waals surface area contributed by atoms with Crippen LogP contribution in [-0.4, -0.2) is 37.0 Å². The lowest BCUT2D eigenvalue weighted by molar-refractivity contribution is -0.142. The lowest BCUT2D eigenvalue weighted by Crippen LogP contribution is -2.30. The molecular weight excluding hydrogens is 478 g/mol. The van der Waals surface area contributed by atoms with Crippen LogP contribution in [0.25, 0.3) is 0 Å². The quantitative estimate of drug-likeness (QED) is 0.376. The second-order valence-corrected chi connectivity index (χ2v) is 5.29. The fraction of sp³-hybridized carbons (Fsp3) is 0.375. The molecule has 11 heteroatoms. The van der Waals surface area contributed by atoms with E-state index in [1.54, 1.807) is 18.2 Å². The molecule has 150 valence electrons. The van der Waals surface area contributed by atoms with Crippen molar-refractivity contribution in [2.24, 2.45) is 12.0 Å². The number of aryl methyl sites for hydroxylation is 1. The highest BCUT2D eigenvalue weighted by atomic mass is 127. The summed E-state index contributed by atoms with van der Waals surface area (Å²) in [5, 5.41) is 9.30. The van der Waals surface area contributed by atoms with Gasteiger partial charge >= 0.3 is 6.18 Å². The molecule has 1 aromatic carbocycles. The van der Waals surface area contributed by atoms with Crippen molar-refractivity contribution in [1.29, 1.82) is 0 Å². The zero-order valence-corrected chi connectivity index (χ0v) is 17.5. The average molecular weight is 499 g/mol. The van der Waals surface area contributed by atoms with E-state index >= 15 is 0 Å². The molecule has 0 unspecified atom stereocenters. The van der Waals surface area contributed by atoms with Gasteiger partial charge in [-0.05, 0) is 12.1 Å². The van der Waals surface area contributed by atoms with Crippen molar-refractivity contribution in [3.8, 4) is 11.5 Å². The molecule has 0 aliphatic heterocycles. The van der Waals surface area contributed by atoms with Gasteiger partial charge < -0.3 is 20.1 Å². The third-order valence-corrected chi connectivity index (χ3v) is 3.49. The van der Waals surface area contributed by atoms with E-state index in [1.807, 2.05) is 0 Å².